The SMILES string of the molecule is CN1[CH-]N(c2[c-]c3c(cc2)c2cccc4c5ccccc5n3c24)c2ccccc21.Cc1c[c-]c(-c2cc(C)c(C)cn2)cc1.[Ir+3]. The Labute approximate surface area is 277 Å². The van der Waals surface area contributed by atoms with Gasteiger partial charge in [-0.1, -0.05) is 72.6 Å². The average Bonchev–Trinajstić information content (AvgIpc) is 3.70. The summed E-state index contributed by atoms with van der Waals surface area (Å²) in [5.74, 6) is 0. The third-order valence-electron chi connectivity index (χ3n) is 8.80. The molecular formula is C40H31IrN4. The first-order valence-corrected chi connectivity index (χ1v) is 15.0. The van der Waals surface area contributed by atoms with Gasteiger partial charge in [0.05, 0.1) is 5.52 Å². The number of aromatic nitrogens is 2. The quantitative estimate of drug-likeness (QED) is 0.164. The summed E-state index contributed by atoms with van der Waals surface area (Å²) in [7, 11) is 2.09. The molecule has 0 atom stereocenters. The fourth-order valence-electron chi connectivity index (χ4n) is 6.36. The van der Waals surface area contributed by atoms with Crippen LogP contribution in [-0.2, 0) is 20.1 Å². The minimum Gasteiger partial charge on any atom is -0.504 e. The predicted molar refractivity (Wildman–Crippen MR) is 184 cm³/mol. The molecule has 220 valence electrons. The first kappa shape index (κ1) is 29.0. The zero-order valence-electron chi connectivity index (χ0n) is 25.6. The predicted octanol–water partition coefficient (Wildman–Crippen LogP) is 9.82. The molecule has 1 aliphatic heterocycles. The number of benzene rings is 5. The fourth-order valence-corrected chi connectivity index (χ4v) is 6.36. The second-order valence-corrected chi connectivity index (χ2v) is 11.7. The van der Waals surface area contributed by atoms with E-state index in [9.17, 15) is 0 Å². The van der Waals surface area contributed by atoms with Gasteiger partial charge in [0.15, 0.2) is 0 Å². The number of hydrogen-bond donors (Lipinski definition) is 0. The van der Waals surface area contributed by atoms with Gasteiger partial charge in [-0.15, -0.1) is 58.6 Å². The summed E-state index contributed by atoms with van der Waals surface area (Å²) in [4.78, 5) is 8.79. The Hall–Kier alpha value is -4.70. The third-order valence-corrected chi connectivity index (χ3v) is 8.80. The topological polar surface area (TPSA) is 23.8 Å². The van der Waals surface area contributed by atoms with E-state index in [1.54, 1.807) is 0 Å². The number of fused-ring (bicyclic) bond motifs is 7. The van der Waals surface area contributed by atoms with E-state index < -0.39 is 0 Å². The summed E-state index contributed by atoms with van der Waals surface area (Å²) in [5.41, 5.74) is 12.9. The van der Waals surface area contributed by atoms with Crippen LogP contribution in [0, 0.1) is 39.6 Å². The number of para-hydroxylation sites is 4. The number of nitrogens with zero attached hydrogens (tertiary/aromatic N) is 4. The summed E-state index contributed by atoms with van der Waals surface area (Å²) in [6.45, 7) is 8.38. The van der Waals surface area contributed by atoms with Crippen molar-refractivity contribution in [2.45, 2.75) is 20.8 Å². The van der Waals surface area contributed by atoms with Gasteiger partial charge < -0.3 is 19.2 Å². The first-order valence-electron chi connectivity index (χ1n) is 15.0. The van der Waals surface area contributed by atoms with Crippen molar-refractivity contribution < 1.29 is 20.1 Å². The molecule has 45 heavy (non-hydrogen) atoms. The van der Waals surface area contributed by atoms with Crippen LogP contribution in [0.4, 0.5) is 17.1 Å². The van der Waals surface area contributed by atoms with Crippen LogP contribution in [-0.4, -0.2) is 16.4 Å². The van der Waals surface area contributed by atoms with Crippen LogP contribution >= 0.6 is 0 Å². The molecule has 0 fully saturated rings. The minimum atomic E-state index is 0. The molecule has 0 aliphatic carbocycles. The van der Waals surface area contributed by atoms with Crippen LogP contribution in [0.5, 0.6) is 0 Å². The Bertz CT molecular complexity index is 2320. The van der Waals surface area contributed by atoms with E-state index in [1.807, 2.05) is 12.3 Å². The minimum absolute atomic E-state index is 0. The van der Waals surface area contributed by atoms with Gasteiger partial charge in [-0.05, 0) is 55.7 Å². The van der Waals surface area contributed by atoms with Gasteiger partial charge in [-0.2, -0.15) is 12.7 Å². The normalized spacial score (nSPS) is 12.5. The van der Waals surface area contributed by atoms with E-state index in [0.29, 0.717) is 0 Å². The largest absolute Gasteiger partial charge is 3.00 e. The summed E-state index contributed by atoms with van der Waals surface area (Å²) < 4.78 is 2.38. The molecule has 4 nitrogen and oxygen atoms in total. The summed E-state index contributed by atoms with van der Waals surface area (Å²) in [6.07, 6.45) is 1.92. The zero-order chi connectivity index (χ0) is 29.9. The number of pyridine rings is 1. The van der Waals surface area contributed by atoms with Gasteiger partial charge in [0.1, 0.15) is 0 Å². The van der Waals surface area contributed by atoms with Crippen LogP contribution in [0.2, 0.25) is 0 Å². The van der Waals surface area contributed by atoms with Crippen molar-refractivity contribution in [3.63, 3.8) is 0 Å². The molecule has 3 aromatic heterocycles. The Morgan fingerprint density at radius 3 is 2.22 bits per heavy atom. The fraction of sp³-hybridized carbons (Fsp3) is 0.100. The van der Waals surface area contributed by atoms with Crippen molar-refractivity contribution >= 4 is 55.2 Å². The van der Waals surface area contributed by atoms with Crippen LogP contribution in [0.25, 0.3) is 49.4 Å². The molecule has 0 amide bonds. The van der Waals surface area contributed by atoms with Crippen LogP contribution in [0.3, 0.4) is 0 Å². The molecule has 5 aromatic carbocycles. The monoisotopic (exact) mass is 760 g/mol. The summed E-state index contributed by atoms with van der Waals surface area (Å²) in [5, 5.41) is 5.15. The summed E-state index contributed by atoms with van der Waals surface area (Å²) >= 11 is 0. The van der Waals surface area contributed by atoms with Crippen molar-refractivity contribution in [3.8, 4) is 11.3 Å². The number of hydrogen-bond acceptors (Lipinski definition) is 3. The molecule has 9 rings (SSSR count). The van der Waals surface area contributed by atoms with Crippen LogP contribution in [0.15, 0.2) is 109 Å². The third kappa shape index (κ3) is 4.75. The molecule has 0 N–H and O–H groups in total. The van der Waals surface area contributed by atoms with Crippen LogP contribution < -0.4 is 9.80 Å². The van der Waals surface area contributed by atoms with Gasteiger partial charge in [-0.25, -0.2) is 0 Å². The van der Waals surface area contributed by atoms with Crippen molar-refractivity contribution in [1.82, 2.24) is 9.38 Å². The number of rotatable bonds is 2. The van der Waals surface area contributed by atoms with E-state index in [-0.39, 0.29) is 20.1 Å². The maximum absolute atomic E-state index is 4.41. The van der Waals surface area contributed by atoms with E-state index in [4.69, 9.17) is 0 Å². The van der Waals surface area contributed by atoms with Gasteiger partial charge >= 0.3 is 20.1 Å². The molecule has 8 aromatic rings. The molecule has 0 spiro atoms. The molecule has 0 saturated carbocycles. The molecule has 0 unspecified atom stereocenters. The smallest absolute Gasteiger partial charge is 0.504 e. The number of anilines is 3. The number of aryl methyl sites for hydroxylation is 3. The second-order valence-electron chi connectivity index (χ2n) is 11.7. The van der Waals surface area contributed by atoms with Gasteiger partial charge in [0.25, 0.3) is 0 Å². The zero-order valence-corrected chi connectivity index (χ0v) is 28.0. The van der Waals surface area contributed by atoms with Crippen molar-refractivity contribution in [1.29, 1.82) is 0 Å². The molecular weight excluding hydrogens is 729 g/mol. The molecule has 1 aliphatic rings. The Morgan fingerprint density at radius 1 is 0.711 bits per heavy atom. The van der Waals surface area contributed by atoms with E-state index in [0.717, 1.165) is 22.5 Å². The average molecular weight is 760 g/mol. The molecule has 5 heteroatoms. The van der Waals surface area contributed by atoms with Gasteiger partial charge in [0.2, 0.25) is 0 Å². The first-order chi connectivity index (χ1) is 21.5. The molecule has 0 saturated heterocycles. The van der Waals surface area contributed by atoms with Crippen molar-refractivity contribution in [2.24, 2.45) is 0 Å². The van der Waals surface area contributed by atoms with Crippen molar-refractivity contribution in [2.75, 3.05) is 16.8 Å². The van der Waals surface area contributed by atoms with E-state index in [2.05, 4.69) is 163 Å². The van der Waals surface area contributed by atoms with E-state index >= 15 is 0 Å². The summed E-state index contributed by atoms with van der Waals surface area (Å²) in [6, 6.07) is 43.4. The molecule has 4 heterocycles. The van der Waals surface area contributed by atoms with E-state index in [1.165, 1.54) is 60.6 Å². The molecule has 0 radical (unpaired) electrons. The van der Waals surface area contributed by atoms with Crippen molar-refractivity contribution in [3.05, 3.63) is 145 Å². The van der Waals surface area contributed by atoms with Crippen LogP contribution in [0.1, 0.15) is 16.7 Å². The Balaban J connectivity index is 0.000000173. The van der Waals surface area contributed by atoms with Gasteiger partial charge in [0, 0.05) is 33.9 Å². The van der Waals surface area contributed by atoms with Gasteiger partial charge in [-0.3, -0.25) is 0 Å². The maximum Gasteiger partial charge on any atom is 3.00 e. The maximum atomic E-state index is 4.41. The Morgan fingerprint density at radius 2 is 1.44 bits per heavy atom. The Kier molecular flexibility index (Phi) is 7.32. The second kappa shape index (κ2) is 11.3. The molecule has 0 bridgehead atoms. The standard InChI is InChI=1S/C26H17N3.C14H14N.Ir/c1-27-16-28(24-12-5-4-11-23(24)27)17-13-14-19-21-9-6-8-20-18-7-2-3-10-22(18)29(26(20)21)25(19)15-17;1-10-4-6-13(7-5-10)14-8-11(2)12(3)9-15-14;/h2-14,16H,1H3;4-6,8-9H,1-3H3;/q-2;-1;+3.